The van der Waals surface area contributed by atoms with Gasteiger partial charge in [0.25, 0.3) is 0 Å². The van der Waals surface area contributed by atoms with E-state index in [1.807, 2.05) is 0 Å². The van der Waals surface area contributed by atoms with E-state index >= 15 is 0 Å². The third-order valence-electron chi connectivity index (χ3n) is 2.27. The Labute approximate surface area is 99.3 Å². The van der Waals surface area contributed by atoms with Gasteiger partial charge in [-0.2, -0.15) is 0 Å². The molecule has 0 radical (unpaired) electrons. The molecule has 1 aromatic heterocycles. The zero-order valence-electron chi connectivity index (χ0n) is 9.80. The van der Waals surface area contributed by atoms with Crippen LogP contribution in [0.4, 0.5) is 0 Å². The lowest BCUT2D eigenvalue weighted by Crippen LogP contribution is -2.44. The van der Waals surface area contributed by atoms with Crippen LogP contribution in [0.3, 0.4) is 0 Å². The highest BCUT2D eigenvalue weighted by Gasteiger charge is 2.28. The maximum absolute atomic E-state index is 10.6. The molecule has 0 saturated heterocycles. The van der Waals surface area contributed by atoms with E-state index in [0.717, 1.165) is 5.56 Å². The number of hydrogen-bond acceptors (Lipinski definition) is 5. The predicted octanol–water partition coefficient (Wildman–Crippen LogP) is 0.0154. The summed E-state index contributed by atoms with van der Waals surface area (Å²) in [5.41, 5.74) is -0.866. The van der Waals surface area contributed by atoms with Gasteiger partial charge < -0.3 is 20.3 Å². The largest absolute Gasteiger partial charge is 0.481 e. The molecule has 6 nitrogen and oxygen atoms in total. The van der Waals surface area contributed by atoms with Crippen molar-refractivity contribution in [1.29, 1.82) is 0 Å². The quantitative estimate of drug-likeness (QED) is 0.649. The van der Waals surface area contributed by atoms with E-state index in [4.69, 9.17) is 9.84 Å². The van der Waals surface area contributed by atoms with E-state index in [0.29, 0.717) is 12.4 Å². The summed E-state index contributed by atoms with van der Waals surface area (Å²) in [5.74, 6) is -0.758. The Morgan fingerprint density at radius 1 is 1.65 bits per heavy atom. The fraction of sp³-hybridized carbons (Fsp3) is 0.455. The lowest BCUT2D eigenvalue weighted by atomic mass is 10.1. The maximum atomic E-state index is 10.6. The van der Waals surface area contributed by atoms with E-state index in [1.165, 1.54) is 14.0 Å². The molecule has 1 atom stereocenters. The summed E-state index contributed by atoms with van der Waals surface area (Å²) in [4.78, 5) is 14.6. The molecule has 94 valence electrons. The van der Waals surface area contributed by atoms with Crippen LogP contribution >= 0.6 is 0 Å². The van der Waals surface area contributed by atoms with Crippen molar-refractivity contribution in [3.8, 4) is 5.88 Å². The molecule has 1 aromatic rings. The first-order valence-electron chi connectivity index (χ1n) is 5.11. The first-order chi connectivity index (χ1) is 7.95. The van der Waals surface area contributed by atoms with Gasteiger partial charge in [-0.15, -0.1) is 0 Å². The molecule has 0 amide bonds. The number of hydrogen-bond donors (Lipinski definition) is 3. The van der Waals surface area contributed by atoms with Crippen LogP contribution in [0.15, 0.2) is 18.3 Å². The van der Waals surface area contributed by atoms with Crippen molar-refractivity contribution in [2.24, 2.45) is 0 Å². The summed E-state index contributed by atoms with van der Waals surface area (Å²) < 4.78 is 4.96. The summed E-state index contributed by atoms with van der Waals surface area (Å²) >= 11 is 0. The Kier molecular flexibility index (Phi) is 4.42. The normalized spacial score (nSPS) is 14.1. The van der Waals surface area contributed by atoms with Crippen LogP contribution in [0.2, 0.25) is 0 Å². The fourth-order valence-corrected chi connectivity index (χ4v) is 1.20. The van der Waals surface area contributed by atoms with E-state index < -0.39 is 11.6 Å². The molecule has 0 bridgehead atoms. The van der Waals surface area contributed by atoms with Gasteiger partial charge in [0.15, 0.2) is 5.60 Å². The number of aliphatic carboxylic acids is 1. The number of ether oxygens (including phenoxy) is 1. The van der Waals surface area contributed by atoms with E-state index in [9.17, 15) is 9.90 Å². The zero-order chi connectivity index (χ0) is 12.9. The molecular weight excluding hydrogens is 224 g/mol. The van der Waals surface area contributed by atoms with Gasteiger partial charge in [0.05, 0.1) is 7.11 Å². The average Bonchev–Trinajstić information content (AvgIpc) is 2.29. The standard InChI is InChI=1S/C11H16N2O4/c1-11(16,10(14)15)7-12-6-8-3-4-13-9(5-8)17-2/h3-5,12,16H,6-7H2,1-2H3,(H,14,15). The van der Waals surface area contributed by atoms with Crippen LogP contribution in [0.5, 0.6) is 5.88 Å². The van der Waals surface area contributed by atoms with Gasteiger partial charge in [0.2, 0.25) is 5.88 Å². The predicted molar refractivity (Wildman–Crippen MR) is 60.8 cm³/mol. The second kappa shape index (κ2) is 5.60. The Morgan fingerprint density at radius 3 is 2.94 bits per heavy atom. The third kappa shape index (κ3) is 4.01. The summed E-state index contributed by atoms with van der Waals surface area (Å²) in [5, 5.41) is 21.0. The first kappa shape index (κ1) is 13.4. The van der Waals surface area contributed by atoms with Crippen molar-refractivity contribution in [2.75, 3.05) is 13.7 Å². The number of nitrogens with zero attached hydrogens (tertiary/aromatic N) is 1. The Bertz CT molecular complexity index is 393. The zero-order valence-corrected chi connectivity index (χ0v) is 9.80. The number of carbonyl (C=O) groups is 1. The number of carboxylic acid groups (broad SMARTS) is 1. The number of methoxy groups -OCH3 is 1. The highest BCUT2D eigenvalue weighted by Crippen LogP contribution is 2.08. The lowest BCUT2D eigenvalue weighted by Gasteiger charge is -2.18. The van der Waals surface area contributed by atoms with E-state index in [1.54, 1.807) is 18.3 Å². The maximum Gasteiger partial charge on any atom is 0.336 e. The Hall–Kier alpha value is -1.66. The van der Waals surface area contributed by atoms with E-state index in [2.05, 4.69) is 10.3 Å². The van der Waals surface area contributed by atoms with Gasteiger partial charge in [-0.05, 0) is 18.6 Å². The Balaban J connectivity index is 2.48. The lowest BCUT2D eigenvalue weighted by molar-refractivity contribution is -0.156. The van der Waals surface area contributed by atoms with Gasteiger partial charge in [-0.3, -0.25) is 0 Å². The monoisotopic (exact) mass is 240 g/mol. The summed E-state index contributed by atoms with van der Waals surface area (Å²) in [6.45, 7) is 1.64. The van der Waals surface area contributed by atoms with Crippen molar-refractivity contribution >= 4 is 5.97 Å². The summed E-state index contributed by atoms with van der Waals surface area (Å²) in [7, 11) is 1.52. The van der Waals surface area contributed by atoms with Crippen LogP contribution < -0.4 is 10.1 Å². The van der Waals surface area contributed by atoms with Crippen molar-refractivity contribution in [2.45, 2.75) is 19.1 Å². The van der Waals surface area contributed by atoms with Crippen LogP contribution in [0.25, 0.3) is 0 Å². The SMILES string of the molecule is COc1cc(CNCC(C)(O)C(=O)O)ccn1. The van der Waals surface area contributed by atoms with Gasteiger partial charge in [0.1, 0.15) is 0 Å². The summed E-state index contributed by atoms with van der Waals surface area (Å²) in [6, 6.07) is 3.52. The summed E-state index contributed by atoms with van der Waals surface area (Å²) in [6.07, 6.45) is 1.60. The molecule has 0 aliphatic carbocycles. The second-order valence-corrected chi connectivity index (χ2v) is 3.89. The molecule has 0 aliphatic rings. The average molecular weight is 240 g/mol. The minimum Gasteiger partial charge on any atom is -0.481 e. The first-order valence-corrected chi connectivity index (χ1v) is 5.11. The number of carboxylic acids is 1. The number of pyridine rings is 1. The number of rotatable bonds is 6. The second-order valence-electron chi connectivity index (χ2n) is 3.89. The van der Waals surface area contributed by atoms with Gasteiger partial charge in [0, 0.05) is 25.4 Å². The molecule has 3 N–H and O–H groups in total. The molecule has 1 unspecified atom stereocenters. The molecular formula is C11H16N2O4. The van der Waals surface area contributed by atoms with Crippen molar-refractivity contribution in [3.05, 3.63) is 23.9 Å². The van der Waals surface area contributed by atoms with Crippen LogP contribution in [-0.2, 0) is 11.3 Å². The molecule has 0 spiro atoms. The topological polar surface area (TPSA) is 91.7 Å². The van der Waals surface area contributed by atoms with Crippen molar-refractivity contribution < 1.29 is 19.7 Å². The highest BCUT2D eigenvalue weighted by molar-refractivity contribution is 5.76. The molecule has 0 fully saturated rings. The molecule has 1 heterocycles. The minimum absolute atomic E-state index is 0.0348. The van der Waals surface area contributed by atoms with Gasteiger partial charge in [-0.25, -0.2) is 9.78 Å². The van der Waals surface area contributed by atoms with Gasteiger partial charge >= 0.3 is 5.97 Å². The third-order valence-corrected chi connectivity index (χ3v) is 2.27. The molecule has 0 aliphatic heterocycles. The molecule has 0 aromatic carbocycles. The van der Waals surface area contributed by atoms with Gasteiger partial charge in [-0.1, -0.05) is 0 Å². The van der Waals surface area contributed by atoms with Crippen LogP contribution in [-0.4, -0.2) is 40.4 Å². The highest BCUT2D eigenvalue weighted by atomic mass is 16.5. The Morgan fingerprint density at radius 2 is 2.35 bits per heavy atom. The molecule has 0 saturated carbocycles. The van der Waals surface area contributed by atoms with Crippen LogP contribution in [0.1, 0.15) is 12.5 Å². The van der Waals surface area contributed by atoms with Crippen LogP contribution in [0, 0.1) is 0 Å². The minimum atomic E-state index is -1.77. The number of aromatic nitrogens is 1. The fourth-order valence-electron chi connectivity index (χ4n) is 1.20. The van der Waals surface area contributed by atoms with Crippen molar-refractivity contribution in [3.63, 3.8) is 0 Å². The molecule has 1 rings (SSSR count). The van der Waals surface area contributed by atoms with E-state index in [-0.39, 0.29) is 6.54 Å². The molecule has 6 heteroatoms. The number of nitrogens with one attached hydrogen (secondary N) is 1. The smallest absolute Gasteiger partial charge is 0.336 e. The molecule has 17 heavy (non-hydrogen) atoms. The van der Waals surface area contributed by atoms with Crippen molar-refractivity contribution in [1.82, 2.24) is 10.3 Å². The number of aliphatic hydroxyl groups is 1.